The zero-order chi connectivity index (χ0) is 27.6. The summed E-state index contributed by atoms with van der Waals surface area (Å²) in [5, 5.41) is 6.10. The van der Waals surface area contributed by atoms with E-state index in [0.717, 1.165) is 17.9 Å². The number of benzene rings is 6. The molecule has 4 heteroatoms. The summed E-state index contributed by atoms with van der Waals surface area (Å²) >= 11 is 1.99. The van der Waals surface area contributed by atoms with Gasteiger partial charge in [-0.1, -0.05) is 0 Å². The fraction of sp³-hybridized carbons (Fsp3) is 0.0513. The Labute approximate surface area is 271 Å². The molecule has 0 aromatic heterocycles. The normalized spacial score (nSPS) is 13.7. The Morgan fingerprint density at radius 1 is 0.651 bits per heavy atom. The molecule has 0 atom stereocenters. The van der Waals surface area contributed by atoms with E-state index < -0.39 is 18.3 Å². The van der Waals surface area contributed by atoms with Crippen LogP contribution in [0.15, 0.2) is 143 Å². The van der Waals surface area contributed by atoms with Crippen molar-refractivity contribution in [2.24, 2.45) is 0 Å². The molecule has 8 rings (SSSR count). The average molecular weight is 697 g/mol. The molecule has 6 aromatic carbocycles. The van der Waals surface area contributed by atoms with Crippen LogP contribution in [0.5, 0.6) is 0 Å². The molecule has 0 heterocycles. The fourth-order valence-corrected chi connectivity index (χ4v) is 23.7. The van der Waals surface area contributed by atoms with Crippen LogP contribution in [0.2, 0.25) is 5.02 Å². The minimum absolute atomic E-state index is 0. The van der Waals surface area contributed by atoms with Crippen molar-refractivity contribution in [1.29, 1.82) is 0 Å². The molecule has 0 aliphatic heterocycles. The van der Waals surface area contributed by atoms with Gasteiger partial charge in [-0.3, -0.25) is 0 Å². The standard InChI is InChI=1S/C21H13.C6H4Cl.C6H5.C5H5.CH2.2ClH.Zr/c1-2-8-15-14(7-1)13-20-18-11-4-3-9-16(18)17-10-5-6-12-19(17)21(15)20;7-6-4-2-1-3-5-6;1-2-4-6-5-3-1;1-2-4-5-3-1;;;;/h1-10,12H,13H2;1-2,4-5H;1-5H;1-3H,4H2;1H2;2*1H;. The van der Waals surface area contributed by atoms with Gasteiger partial charge in [-0.15, -0.1) is 24.8 Å². The molecule has 43 heavy (non-hydrogen) atoms. The van der Waals surface area contributed by atoms with Crippen molar-refractivity contribution in [2.45, 2.75) is 12.8 Å². The van der Waals surface area contributed by atoms with Gasteiger partial charge >= 0.3 is 248 Å². The summed E-state index contributed by atoms with van der Waals surface area (Å²) in [5.74, 6) is 0. The second kappa shape index (κ2) is 11.1. The molecule has 212 valence electrons. The molecule has 0 nitrogen and oxygen atoms in total. The van der Waals surface area contributed by atoms with E-state index in [-0.39, 0.29) is 24.8 Å². The zero-order valence-electron chi connectivity index (χ0n) is 23.6. The van der Waals surface area contributed by atoms with Gasteiger partial charge in [0.15, 0.2) is 0 Å². The van der Waals surface area contributed by atoms with E-state index >= 15 is 0 Å². The number of halogens is 3. The monoisotopic (exact) mass is 694 g/mol. The number of hydrogen-bond donors (Lipinski definition) is 0. The molecule has 0 amide bonds. The SMILES string of the molecule is Cl.Cl.[CH2]=[Zr]([C]1=CC=CC1)([c]1ccccc1)([c]1cccc(Cl)c1)[c]1cccc2c1c1c(c3ccccc32)-c2ccccc2C1. The van der Waals surface area contributed by atoms with E-state index in [1.807, 2.05) is 6.07 Å². The molecule has 0 N–H and O–H groups in total. The molecule has 0 fully saturated rings. The topological polar surface area (TPSA) is 0 Å². The number of fused-ring (bicyclic) bond motifs is 8. The predicted molar refractivity (Wildman–Crippen MR) is 190 cm³/mol. The molecule has 0 radical (unpaired) electrons. The summed E-state index contributed by atoms with van der Waals surface area (Å²) in [5.41, 5.74) is 5.58. The van der Waals surface area contributed by atoms with E-state index in [4.69, 9.17) is 15.8 Å². The summed E-state index contributed by atoms with van der Waals surface area (Å²) in [6.45, 7) is 0. The average Bonchev–Trinajstić information content (AvgIpc) is 3.71. The Balaban J connectivity index is 0.00000165. The Kier molecular flexibility index (Phi) is 7.77. The third kappa shape index (κ3) is 4.09. The second-order valence-electron chi connectivity index (χ2n) is 11.6. The van der Waals surface area contributed by atoms with Crippen molar-refractivity contribution in [3.05, 3.63) is 159 Å². The van der Waals surface area contributed by atoms with Crippen molar-refractivity contribution in [3.8, 4) is 11.1 Å². The van der Waals surface area contributed by atoms with Crippen LogP contribution < -0.4 is 9.81 Å². The van der Waals surface area contributed by atoms with Gasteiger partial charge in [0.25, 0.3) is 0 Å². The van der Waals surface area contributed by atoms with E-state index in [2.05, 4.69) is 133 Å². The summed E-state index contributed by atoms with van der Waals surface area (Å²) in [7, 11) is 0. The Bertz CT molecular complexity index is 2180. The van der Waals surface area contributed by atoms with Crippen molar-refractivity contribution < 1.29 is 18.3 Å². The van der Waals surface area contributed by atoms with Gasteiger partial charge in [0.2, 0.25) is 0 Å². The first kappa shape index (κ1) is 30.0. The van der Waals surface area contributed by atoms with Crippen molar-refractivity contribution >= 4 is 72.0 Å². The van der Waals surface area contributed by atoms with E-state index in [0.29, 0.717) is 0 Å². The van der Waals surface area contributed by atoms with Crippen LogP contribution in [0.25, 0.3) is 32.7 Å². The van der Waals surface area contributed by atoms with Crippen LogP contribution in [-0.4, -0.2) is 4.21 Å². The summed E-state index contributed by atoms with van der Waals surface area (Å²) < 4.78 is 11.1. The van der Waals surface area contributed by atoms with E-state index in [1.165, 1.54) is 56.9 Å². The van der Waals surface area contributed by atoms with Gasteiger partial charge in [0.05, 0.1) is 0 Å². The Hall–Kier alpha value is -3.06. The van der Waals surface area contributed by atoms with Gasteiger partial charge < -0.3 is 0 Å². The Morgan fingerprint density at radius 3 is 2.09 bits per heavy atom. The molecule has 0 saturated heterocycles. The van der Waals surface area contributed by atoms with Crippen LogP contribution in [0.4, 0.5) is 0 Å². The van der Waals surface area contributed by atoms with Gasteiger partial charge in [-0.2, -0.15) is 0 Å². The molecule has 0 saturated carbocycles. The zero-order valence-corrected chi connectivity index (χ0v) is 28.4. The van der Waals surface area contributed by atoms with E-state index in [1.54, 1.807) is 0 Å². The minimum atomic E-state index is -4.83. The van der Waals surface area contributed by atoms with Crippen molar-refractivity contribution in [3.63, 3.8) is 0 Å². The predicted octanol–water partition coefficient (Wildman–Crippen LogP) is 9.30. The first-order valence-electron chi connectivity index (χ1n) is 14.3. The number of allylic oxidation sites excluding steroid dienone is 4. The Morgan fingerprint density at radius 2 is 1.33 bits per heavy atom. The molecule has 6 aromatic rings. The summed E-state index contributed by atoms with van der Waals surface area (Å²) in [4.78, 5) is 0. The first-order chi connectivity index (χ1) is 20.1. The molecular formula is C39H31Cl3Zr. The summed E-state index contributed by atoms with van der Waals surface area (Å²) in [6, 6.07) is 44.7. The molecule has 0 bridgehead atoms. The van der Waals surface area contributed by atoms with Crippen LogP contribution in [0.3, 0.4) is 0 Å². The van der Waals surface area contributed by atoms with Gasteiger partial charge in [-0.05, 0) is 0 Å². The molecule has 2 aliphatic rings. The van der Waals surface area contributed by atoms with Gasteiger partial charge in [0, 0.05) is 0 Å². The quantitative estimate of drug-likeness (QED) is 0.161. The molecule has 0 unspecified atom stereocenters. The number of hydrogen-bond acceptors (Lipinski definition) is 0. The van der Waals surface area contributed by atoms with Crippen LogP contribution in [0.1, 0.15) is 17.5 Å². The molecule has 2 aliphatic carbocycles. The van der Waals surface area contributed by atoms with E-state index in [9.17, 15) is 0 Å². The van der Waals surface area contributed by atoms with Gasteiger partial charge in [-0.25, -0.2) is 0 Å². The third-order valence-electron chi connectivity index (χ3n) is 9.76. The molecule has 0 spiro atoms. The van der Waals surface area contributed by atoms with Crippen LogP contribution in [0, 0.1) is 0 Å². The molecular weight excluding hydrogens is 666 g/mol. The fourth-order valence-electron chi connectivity index (χ4n) is 7.89. The maximum atomic E-state index is 6.82. The van der Waals surface area contributed by atoms with Crippen LogP contribution >= 0.6 is 36.4 Å². The van der Waals surface area contributed by atoms with Crippen molar-refractivity contribution in [2.75, 3.05) is 0 Å². The number of rotatable bonds is 4. The van der Waals surface area contributed by atoms with Gasteiger partial charge in [0.1, 0.15) is 0 Å². The maximum absolute atomic E-state index is 6.82. The summed E-state index contributed by atoms with van der Waals surface area (Å²) in [6.07, 6.45) is 8.71. The van der Waals surface area contributed by atoms with Crippen molar-refractivity contribution in [1.82, 2.24) is 0 Å². The first-order valence-corrected chi connectivity index (χ1v) is 21.4. The second-order valence-corrected chi connectivity index (χ2v) is 25.0. The van der Waals surface area contributed by atoms with Crippen LogP contribution in [-0.2, 0) is 24.7 Å². The third-order valence-corrected chi connectivity index (χ3v) is 26.2.